The lowest BCUT2D eigenvalue weighted by Gasteiger charge is -2.44. The summed E-state index contributed by atoms with van der Waals surface area (Å²) in [4.78, 5) is 26.1. The van der Waals surface area contributed by atoms with E-state index in [1.54, 1.807) is 20.8 Å². The van der Waals surface area contributed by atoms with Crippen molar-refractivity contribution in [1.29, 1.82) is 0 Å². The van der Waals surface area contributed by atoms with E-state index in [0.29, 0.717) is 17.5 Å². The van der Waals surface area contributed by atoms with Crippen LogP contribution in [0.2, 0.25) is 0 Å². The summed E-state index contributed by atoms with van der Waals surface area (Å²) in [5.74, 6) is -1.81. The van der Waals surface area contributed by atoms with Gasteiger partial charge in [-0.25, -0.2) is 4.79 Å². The van der Waals surface area contributed by atoms with E-state index >= 15 is 0 Å². The third-order valence-electron chi connectivity index (χ3n) is 7.65. The summed E-state index contributed by atoms with van der Waals surface area (Å²) in [6.45, 7) is 6.58. The lowest BCUT2D eigenvalue weighted by Crippen LogP contribution is -2.39. The lowest BCUT2D eigenvalue weighted by molar-refractivity contribution is -0.165. The summed E-state index contributed by atoms with van der Waals surface area (Å²) in [7, 11) is -4.45. The molecule has 0 spiro atoms. The predicted molar refractivity (Wildman–Crippen MR) is 141 cm³/mol. The molecule has 0 amide bonds. The fourth-order valence-corrected chi connectivity index (χ4v) is 6.75. The minimum Gasteiger partial charge on any atom is -0.450 e. The third kappa shape index (κ3) is 4.52. The maximum atomic E-state index is 13.4. The van der Waals surface area contributed by atoms with Crippen molar-refractivity contribution in [3.8, 4) is 5.75 Å². The highest BCUT2D eigenvalue weighted by Crippen LogP contribution is 2.55. The van der Waals surface area contributed by atoms with Gasteiger partial charge in [-0.2, -0.15) is 8.42 Å². The van der Waals surface area contributed by atoms with Crippen LogP contribution in [0.4, 0.5) is 0 Å². The van der Waals surface area contributed by atoms with Gasteiger partial charge >= 0.3 is 11.9 Å². The number of rotatable bonds is 6. The molecule has 0 saturated carbocycles. The smallest absolute Gasteiger partial charge is 0.352 e. The van der Waals surface area contributed by atoms with Gasteiger partial charge in [-0.05, 0) is 71.7 Å². The summed E-state index contributed by atoms with van der Waals surface area (Å²) < 4.78 is 44.4. The molecule has 8 heteroatoms. The molecule has 6 rings (SSSR count). The summed E-state index contributed by atoms with van der Waals surface area (Å²) in [5.41, 5.74) is 5.38. The molecule has 3 aromatic carbocycles. The van der Waals surface area contributed by atoms with Gasteiger partial charge in [-0.1, -0.05) is 62.4 Å². The normalized spacial score (nSPS) is 20.4. The third-order valence-corrected chi connectivity index (χ3v) is 8.56. The topological polar surface area (TPSA) is 107 Å². The van der Waals surface area contributed by atoms with Gasteiger partial charge in [0, 0.05) is 11.8 Å². The zero-order valence-corrected chi connectivity index (χ0v) is 22.5. The zero-order valence-electron chi connectivity index (χ0n) is 21.7. The van der Waals surface area contributed by atoms with E-state index in [1.165, 1.54) is 30.2 Å². The summed E-state index contributed by atoms with van der Waals surface area (Å²) in [6.07, 6.45) is -0.565. The molecule has 0 radical (unpaired) electrons. The largest absolute Gasteiger partial charge is 0.450 e. The van der Waals surface area contributed by atoms with Crippen molar-refractivity contribution < 1.29 is 32.0 Å². The molecule has 0 fully saturated rings. The summed E-state index contributed by atoms with van der Waals surface area (Å²) in [5, 5.41) is 0. The number of esters is 2. The fraction of sp³-hybridized carbons (Fsp3) is 0.333. The molecular formula is C30H30O7S. The highest BCUT2D eigenvalue weighted by atomic mass is 32.2. The van der Waals surface area contributed by atoms with Gasteiger partial charge in [0.25, 0.3) is 10.1 Å². The first-order chi connectivity index (χ1) is 18.0. The van der Waals surface area contributed by atoms with E-state index in [2.05, 4.69) is 24.3 Å². The standard InChI is InChI=1S/C30H30O7S/c1-16(2)23-15-26(17(3)13-27(23)38(33,34)35)37-29(31)18(4)36-30(32)25-14-24-19-9-5-7-11-21(19)28(25)22-12-8-6-10-20(22)24/h5-13,15-16,18,24-25,28H,14H2,1-4H3,(H,33,34,35). The van der Waals surface area contributed by atoms with Crippen LogP contribution in [0, 0.1) is 12.8 Å². The Balaban J connectivity index is 1.35. The Kier molecular flexibility index (Phi) is 6.65. The van der Waals surface area contributed by atoms with Crippen LogP contribution in [0.1, 0.15) is 78.3 Å². The molecule has 2 atom stereocenters. The highest BCUT2D eigenvalue weighted by Gasteiger charge is 2.47. The van der Waals surface area contributed by atoms with Crippen LogP contribution in [0.5, 0.6) is 5.75 Å². The van der Waals surface area contributed by atoms with E-state index in [9.17, 15) is 22.6 Å². The molecule has 0 aromatic heterocycles. The van der Waals surface area contributed by atoms with Crippen molar-refractivity contribution in [2.45, 2.75) is 62.9 Å². The van der Waals surface area contributed by atoms with Crippen molar-refractivity contribution in [3.63, 3.8) is 0 Å². The van der Waals surface area contributed by atoms with E-state index in [-0.39, 0.29) is 28.4 Å². The number of carbonyl (C=O) groups is 2. The van der Waals surface area contributed by atoms with Crippen LogP contribution < -0.4 is 4.74 Å². The number of hydrogen-bond acceptors (Lipinski definition) is 6. The van der Waals surface area contributed by atoms with Gasteiger partial charge < -0.3 is 9.47 Å². The van der Waals surface area contributed by atoms with E-state index in [1.807, 2.05) is 24.3 Å². The van der Waals surface area contributed by atoms with Crippen LogP contribution in [-0.4, -0.2) is 31.0 Å². The van der Waals surface area contributed by atoms with Crippen LogP contribution in [0.15, 0.2) is 65.6 Å². The van der Waals surface area contributed by atoms with Gasteiger partial charge in [0.2, 0.25) is 0 Å². The van der Waals surface area contributed by atoms with Crippen LogP contribution in [0.25, 0.3) is 0 Å². The minimum atomic E-state index is -4.45. The van der Waals surface area contributed by atoms with Crippen LogP contribution in [0.3, 0.4) is 0 Å². The molecule has 38 heavy (non-hydrogen) atoms. The number of fused-ring (bicyclic) bond motifs is 1. The number of ether oxygens (including phenoxy) is 2. The monoisotopic (exact) mass is 534 g/mol. The van der Waals surface area contributed by atoms with Crippen LogP contribution >= 0.6 is 0 Å². The van der Waals surface area contributed by atoms with Crippen molar-refractivity contribution in [1.82, 2.24) is 0 Å². The van der Waals surface area contributed by atoms with Gasteiger partial charge in [-0.3, -0.25) is 9.35 Å². The van der Waals surface area contributed by atoms with E-state index in [0.717, 1.165) is 11.1 Å². The molecular weight excluding hydrogens is 504 g/mol. The molecule has 0 heterocycles. The first-order valence-electron chi connectivity index (χ1n) is 12.7. The Labute approximate surface area is 222 Å². The highest BCUT2D eigenvalue weighted by molar-refractivity contribution is 7.85. The van der Waals surface area contributed by atoms with E-state index < -0.39 is 34.1 Å². The Bertz CT molecular complexity index is 1490. The first-order valence-corrected chi connectivity index (χ1v) is 14.1. The van der Waals surface area contributed by atoms with Gasteiger partial charge in [0.15, 0.2) is 6.10 Å². The molecule has 3 aliphatic rings. The fourth-order valence-electron chi connectivity index (χ4n) is 5.83. The van der Waals surface area contributed by atoms with Gasteiger partial charge in [-0.15, -0.1) is 0 Å². The zero-order chi connectivity index (χ0) is 27.4. The second-order valence-corrected chi connectivity index (χ2v) is 11.8. The average molecular weight is 535 g/mol. The predicted octanol–water partition coefficient (Wildman–Crippen LogP) is 5.50. The lowest BCUT2D eigenvalue weighted by atomic mass is 9.59. The summed E-state index contributed by atoms with van der Waals surface area (Å²) >= 11 is 0. The van der Waals surface area contributed by atoms with Crippen molar-refractivity contribution in [2.24, 2.45) is 5.92 Å². The van der Waals surface area contributed by atoms with Crippen molar-refractivity contribution >= 4 is 22.1 Å². The molecule has 2 unspecified atom stereocenters. The number of benzene rings is 3. The number of aryl methyl sites for hydroxylation is 1. The molecule has 0 saturated heterocycles. The molecule has 3 aromatic rings. The molecule has 198 valence electrons. The number of hydrogen-bond donors (Lipinski definition) is 1. The molecule has 0 aliphatic heterocycles. The SMILES string of the molecule is Cc1cc(S(=O)(=O)O)c(C(C)C)cc1OC(=O)C(C)OC(=O)C1CC2c3ccccc3C1c1ccccc12. The second kappa shape index (κ2) is 9.67. The van der Waals surface area contributed by atoms with E-state index in [4.69, 9.17) is 9.47 Å². The average Bonchev–Trinajstić information content (AvgIpc) is 2.88. The van der Waals surface area contributed by atoms with Gasteiger partial charge in [0.05, 0.1) is 10.8 Å². The van der Waals surface area contributed by atoms with Gasteiger partial charge in [0.1, 0.15) is 5.75 Å². The Hall–Kier alpha value is -3.49. The molecule has 2 bridgehead atoms. The summed E-state index contributed by atoms with van der Waals surface area (Å²) in [6, 6.07) is 19.1. The number of carbonyl (C=O) groups excluding carboxylic acids is 2. The second-order valence-electron chi connectivity index (χ2n) is 10.4. The van der Waals surface area contributed by atoms with Crippen LogP contribution in [-0.2, 0) is 24.4 Å². The Morgan fingerprint density at radius 3 is 2.00 bits per heavy atom. The maximum absolute atomic E-state index is 13.4. The molecule has 1 N–H and O–H groups in total. The Morgan fingerprint density at radius 2 is 1.47 bits per heavy atom. The first kappa shape index (κ1) is 26.1. The molecule has 3 aliphatic carbocycles. The van der Waals surface area contributed by atoms with Crippen molar-refractivity contribution in [2.75, 3.05) is 0 Å². The minimum absolute atomic E-state index is 0.0885. The Morgan fingerprint density at radius 1 is 0.921 bits per heavy atom. The molecule has 7 nitrogen and oxygen atoms in total. The maximum Gasteiger partial charge on any atom is 0.352 e. The quantitative estimate of drug-likeness (QED) is 0.253. The van der Waals surface area contributed by atoms with Crippen molar-refractivity contribution in [3.05, 3.63) is 94.0 Å².